The molecule has 1 aromatic carbocycles. The summed E-state index contributed by atoms with van der Waals surface area (Å²) in [6.45, 7) is 5.89. The zero-order valence-corrected chi connectivity index (χ0v) is 12.0. The molecular weight excluding hydrogens is 244 g/mol. The highest BCUT2D eigenvalue weighted by Crippen LogP contribution is 2.18. The van der Waals surface area contributed by atoms with E-state index in [0.29, 0.717) is 6.04 Å². The Morgan fingerprint density at radius 1 is 1.33 bits per heavy atom. The van der Waals surface area contributed by atoms with Gasteiger partial charge in [0, 0.05) is 35.6 Å². The van der Waals surface area contributed by atoms with E-state index in [9.17, 15) is 4.79 Å². The van der Waals surface area contributed by atoms with E-state index in [-0.39, 0.29) is 11.9 Å². The standard InChI is InChI=1S/C14H20N2OS/c1-10-11(2)16(9-8-15-10)14(17)12-4-6-13(18-3)7-5-12/h4-7,10-11,15H,8-9H2,1-3H3. The van der Waals surface area contributed by atoms with E-state index in [2.05, 4.69) is 19.2 Å². The second kappa shape index (κ2) is 5.76. The van der Waals surface area contributed by atoms with Crippen LogP contribution in [0.25, 0.3) is 0 Å². The molecule has 0 bridgehead atoms. The number of nitrogens with one attached hydrogen (secondary N) is 1. The average molecular weight is 264 g/mol. The maximum absolute atomic E-state index is 12.4. The Kier molecular flexibility index (Phi) is 4.30. The third-order valence-corrected chi connectivity index (χ3v) is 4.38. The molecule has 1 N–H and O–H groups in total. The molecule has 3 nitrogen and oxygen atoms in total. The molecule has 0 spiro atoms. The largest absolute Gasteiger partial charge is 0.333 e. The summed E-state index contributed by atoms with van der Waals surface area (Å²) >= 11 is 1.69. The first-order valence-corrected chi connectivity index (χ1v) is 7.54. The summed E-state index contributed by atoms with van der Waals surface area (Å²) in [5.74, 6) is 0.142. The molecule has 98 valence electrons. The fourth-order valence-electron chi connectivity index (χ4n) is 2.24. The molecule has 4 heteroatoms. The summed E-state index contributed by atoms with van der Waals surface area (Å²) < 4.78 is 0. The first-order valence-electron chi connectivity index (χ1n) is 6.32. The number of carbonyl (C=O) groups excluding carboxylic acids is 1. The molecule has 0 aliphatic carbocycles. The Morgan fingerprint density at radius 2 is 2.00 bits per heavy atom. The minimum absolute atomic E-state index is 0.142. The zero-order chi connectivity index (χ0) is 13.1. The van der Waals surface area contributed by atoms with Gasteiger partial charge in [0.05, 0.1) is 0 Å². The molecule has 0 aromatic heterocycles. The molecule has 1 aromatic rings. The SMILES string of the molecule is CSc1ccc(C(=O)N2CCNC(C)C2C)cc1. The number of carbonyl (C=O) groups is 1. The van der Waals surface area contributed by atoms with E-state index in [1.165, 1.54) is 4.90 Å². The second-order valence-electron chi connectivity index (χ2n) is 4.71. The normalized spacial score (nSPS) is 24.1. The van der Waals surface area contributed by atoms with Gasteiger partial charge in [-0.05, 0) is 44.4 Å². The number of rotatable bonds is 2. The van der Waals surface area contributed by atoms with Crippen LogP contribution >= 0.6 is 11.8 Å². The zero-order valence-electron chi connectivity index (χ0n) is 11.1. The fourth-order valence-corrected chi connectivity index (χ4v) is 2.65. The first-order chi connectivity index (χ1) is 8.63. The number of amides is 1. The molecule has 2 atom stereocenters. The monoisotopic (exact) mass is 264 g/mol. The Labute approximate surface area is 113 Å². The van der Waals surface area contributed by atoms with Gasteiger partial charge in [-0.3, -0.25) is 4.79 Å². The van der Waals surface area contributed by atoms with Crippen molar-refractivity contribution in [1.29, 1.82) is 0 Å². The van der Waals surface area contributed by atoms with Crippen LogP contribution in [0, 0.1) is 0 Å². The van der Waals surface area contributed by atoms with E-state index in [1.54, 1.807) is 11.8 Å². The molecule has 1 amide bonds. The van der Waals surface area contributed by atoms with Crippen LogP contribution < -0.4 is 5.32 Å². The van der Waals surface area contributed by atoms with Crippen molar-refractivity contribution in [2.45, 2.75) is 30.8 Å². The predicted octanol–water partition coefficient (Wildman–Crippen LogP) is 2.23. The van der Waals surface area contributed by atoms with Crippen LogP contribution in [0.3, 0.4) is 0 Å². The third kappa shape index (κ3) is 2.70. The van der Waals surface area contributed by atoms with Crippen LogP contribution in [0.2, 0.25) is 0 Å². The fraction of sp³-hybridized carbons (Fsp3) is 0.500. The highest BCUT2D eigenvalue weighted by molar-refractivity contribution is 7.98. The Hall–Kier alpha value is -1.00. The summed E-state index contributed by atoms with van der Waals surface area (Å²) in [6.07, 6.45) is 2.04. The number of thioether (sulfide) groups is 1. The van der Waals surface area contributed by atoms with E-state index in [0.717, 1.165) is 18.7 Å². The number of hydrogen-bond acceptors (Lipinski definition) is 3. The Bertz CT molecular complexity index is 418. The molecule has 1 aliphatic rings. The van der Waals surface area contributed by atoms with Gasteiger partial charge < -0.3 is 10.2 Å². The smallest absolute Gasteiger partial charge is 0.254 e. The summed E-state index contributed by atoms with van der Waals surface area (Å²) in [5.41, 5.74) is 0.786. The van der Waals surface area contributed by atoms with Crippen LogP contribution in [0.15, 0.2) is 29.2 Å². The average Bonchev–Trinajstić information content (AvgIpc) is 2.41. The summed E-state index contributed by atoms with van der Waals surface area (Å²) in [5, 5.41) is 3.39. The topological polar surface area (TPSA) is 32.3 Å². The number of nitrogens with zero attached hydrogens (tertiary/aromatic N) is 1. The van der Waals surface area contributed by atoms with Crippen molar-refractivity contribution in [1.82, 2.24) is 10.2 Å². The van der Waals surface area contributed by atoms with Gasteiger partial charge in [-0.15, -0.1) is 11.8 Å². The van der Waals surface area contributed by atoms with Crippen LogP contribution in [0.1, 0.15) is 24.2 Å². The van der Waals surface area contributed by atoms with Crippen molar-refractivity contribution >= 4 is 17.7 Å². The van der Waals surface area contributed by atoms with Gasteiger partial charge in [0.25, 0.3) is 5.91 Å². The van der Waals surface area contributed by atoms with Crippen molar-refractivity contribution in [2.75, 3.05) is 19.3 Å². The lowest BCUT2D eigenvalue weighted by Gasteiger charge is -2.38. The van der Waals surface area contributed by atoms with Gasteiger partial charge in [-0.1, -0.05) is 0 Å². The minimum Gasteiger partial charge on any atom is -0.333 e. The van der Waals surface area contributed by atoms with Gasteiger partial charge in [-0.2, -0.15) is 0 Å². The highest BCUT2D eigenvalue weighted by Gasteiger charge is 2.28. The summed E-state index contributed by atoms with van der Waals surface area (Å²) in [7, 11) is 0. The van der Waals surface area contributed by atoms with Crippen molar-refractivity contribution in [3.05, 3.63) is 29.8 Å². The van der Waals surface area contributed by atoms with Crippen LogP contribution in [-0.2, 0) is 0 Å². The minimum atomic E-state index is 0.142. The molecule has 18 heavy (non-hydrogen) atoms. The second-order valence-corrected chi connectivity index (χ2v) is 5.59. The molecule has 1 fully saturated rings. The lowest BCUT2D eigenvalue weighted by molar-refractivity contribution is 0.0603. The van der Waals surface area contributed by atoms with E-state index in [1.807, 2.05) is 35.4 Å². The molecule has 1 aliphatic heterocycles. The summed E-state index contributed by atoms with van der Waals surface area (Å²) in [6, 6.07) is 8.46. The van der Waals surface area contributed by atoms with Gasteiger partial charge in [-0.25, -0.2) is 0 Å². The maximum Gasteiger partial charge on any atom is 0.254 e. The molecule has 2 rings (SSSR count). The highest BCUT2D eigenvalue weighted by atomic mass is 32.2. The van der Waals surface area contributed by atoms with Crippen molar-refractivity contribution in [3.8, 4) is 0 Å². The Balaban J connectivity index is 2.14. The van der Waals surface area contributed by atoms with Crippen LogP contribution in [0.5, 0.6) is 0 Å². The van der Waals surface area contributed by atoms with Gasteiger partial charge in [0.15, 0.2) is 0 Å². The van der Waals surface area contributed by atoms with Crippen molar-refractivity contribution < 1.29 is 4.79 Å². The van der Waals surface area contributed by atoms with E-state index >= 15 is 0 Å². The van der Waals surface area contributed by atoms with Gasteiger partial charge in [0.1, 0.15) is 0 Å². The number of benzene rings is 1. The molecule has 1 saturated heterocycles. The van der Waals surface area contributed by atoms with Gasteiger partial charge >= 0.3 is 0 Å². The molecule has 2 unspecified atom stereocenters. The first kappa shape index (κ1) is 13.4. The molecule has 0 saturated carbocycles. The molecule has 1 heterocycles. The van der Waals surface area contributed by atoms with Crippen molar-refractivity contribution in [2.24, 2.45) is 0 Å². The Morgan fingerprint density at radius 3 is 2.61 bits per heavy atom. The third-order valence-electron chi connectivity index (χ3n) is 3.63. The quantitative estimate of drug-likeness (QED) is 0.831. The lowest BCUT2D eigenvalue weighted by Crippen LogP contribution is -2.57. The van der Waals surface area contributed by atoms with E-state index < -0.39 is 0 Å². The number of hydrogen-bond donors (Lipinski definition) is 1. The summed E-state index contributed by atoms with van der Waals surface area (Å²) in [4.78, 5) is 15.6. The lowest BCUT2D eigenvalue weighted by atomic mass is 10.1. The number of piperazine rings is 1. The molecule has 0 radical (unpaired) electrons. The molecular formula is C14H20N2OS. The van der Waals surface area contributed by atoms with Crippen LogP contribution in [0.4, 0.5) is 0 Å². The van der Waals surface area contributed by atoms with E-state index in [4.69, 9.17) is 0 Å². The van der Waals surface area contributed by atoms with Crippen LogP contribution in [-0.4, -0.2) is 42.2 Å². The maximum atomic E-state index is 12.4. The van der Waals surface area contributed by atoms with Gasteiger partial charge in [0.2, 0.25) is 0 Å². The predicted molar refractivity (Wildman–Crippen MR) is 76.2 cm³/mol. The van der Waals surface area contributed by atoms with Crippen molar-refractivity contribution in [3.63, 3.8) is 0 Å².